The van der Waals surface area contributed by atoms with Crippen molar-refractivity contribution < 1.29 is 26.3 Å². The molecule has 0 aliphatic heterocycles. The molecule has 1 aromatic heterocycles. The van der Waals surface area contributed by atoms with Crippen LogP contribution in [0.4, 0.5) is 23.2 Å². The van der Waals surface area contributed by atoms with Crippen LogP contribution >= 0.6 is 0 Å². The topological polar surface area (TPSA) is 68.3 Å². The molecule has 0 N–H and O–H groups in total. The molecule has 0 amide bonds. The Morgan fingerprint density at radius 3 is 2.31 bits per heavy atom. The van der Waals surface area contributed by atoms with Gasteiger partial charge in [-0.25, -0.2) is 8.60 Å². The molecule has 3 rings (SSSR count). The summed E-state index contributed by atoms with van der Waals surface area (Å²) in [5, 5.41) is 3.27. The van der Waals surface area contributed by atoms with Gasteiger partial charge in [0.05, 0.1) is 20.3 Å². The summed E-state index contributed by atoms with van der Waals surface area (Å²) >= 11 is 0. The molecule has 1 heterocycles. The van der Waals surface area contributed by atoms with Crippen LogP contribution in [-0.2, 0) is 15.9 Å². The van der Waals surface area contributed by atoms with Crippen molar-refractivity contribution in [3.05, 3.63) is 60.2 Å². The third-order valence-electron chi connectivity index (χ3n) is 3.32. The minimum Gasteiger partial charge on any atom is -0.329 e. The molecule has 3 aromatic rings. The Labute approximate surface area is 145 Å². The molecule has 0 fully saturated rings. The summed E-state index contributed by atoms with van der Waals surface area (Å²) in [6.07, 6.45) is -3.43. The Hall–Kier alpha value is -2.75. The molecule has 1 atom stereocenters. The van der Waals surface area contributed by atoms with Crippen LogP contribution in [0, 0.1) is 5.82 Å². The smallest absolute Gasteiger partial charge is 0.329 e. The molecule has 26 heavy (non-hydrogen) atoms. The zero-order valence-corrected chi connectivity index (χ0v) is 14.0. The number of hydrogen-bond acceptors (Lipinski definition) is 5. The lowest BCUT2D eigenvalue weighted by Gasteiger charge is -2.06. The van der Waals surface area contributed by atoms with Gasteiger partial charge in [-0.2, -0.15) is 22.5 Å². The van der Waals surface area contributed by atoms with E-state index in [2.05, 4.69) is 19.0 Å². The molecule has 10 heteroatoms. The predicted octanol–water partition coefficient (Wildman–Crippen LogP) is 4.68. The highest BCUT2D eigenvalue weighted by Gasteiger charge is 2.38. The fourth-order valence-corrected chi connectivity index (χ4v) is 3.51. The van der Waals surface area contributed by atoms with Crippen molar-refractivity contribution in [1.82, 2.24) is 10.1 Å². The van der Waals surface area contributed by atoms with Gasteiger partial charge in [0.25, 0.3) is 0 Å². The van der Waals surface area contributed by atoms with Gasteiger partial charge in [0.15, 0.2) is 0 Å². The van der Waals surface area contributed by atoms with Gasteiger partial charge in [-0.3, -0.25) is 0 Å². The summed E-state index contributed by atoms with van der Waals surface area (Å²) in [6.45, 7) is 0. The Morgan fingerprint density at radius 2 is 1.73 bits per heavy atom. The molecule has 0 spiro atoms. The Bertz CT molecular complexity index is 1050. The summed E-state index contributed by atoms with van der Waals surface area (Å²) in [5.41, 5.74) is 0.528. The van der Waals surface area contributed by atoms with Crippen molar-refractivity contribution in [3.8, 4) is 11.4 Å². The monoisotopic (exact) mass is 385 g/mol. The number of benzene rings is 2. The first-order valence-corrected chi connectivity index (χ1v) is 9.07. The molecule has 0 aliphatic carbocycles. The molecule has 136 valence electrons. The zero-order valence-electron chi connectivity index (χ0n) is 13.2. The van der Waals surface area contributed by atoms with Crippen LogP contribution < -0.4 is 0 Å². The molecule has 0 radical (unpaired) electrons. The number of halogens is 4. The average Bonchev–Trinajstić information content (AvgIpc) is 3.06. The van der Waals surface area contributed by atoms with Gasteiger partial charge in [0.1, 0.15) is 5.82 Å². The number of aromatic nitrogens is 2. The minimum absolute atomic E-state index is 0.0305. The Balaban J connectivity index is 1.92. The second kappa shape index (κ2) is 6.52. The summed E-state index contributed by atoms with van der Waals surface area (Å²) in [7, 11) is -3.04. The van der Waals surface area contributed by atoms with Gasteiger partial charge in [0.2, 0.25) is 5.82 Å². The van der Waals surface area contributed by atoms with Crippen molar-refractivity contribution in [2.45, 2.75) is 11.1 Å². The highest BCUT2D eigenvalue weighted by atomic mass is 32.2. The highest BCUT2D eigenvalue weighted by Crippen LogP contribution is 2.30. The van der Waals surface area contributed by atoms with E-state index in [0.717, 1.165) is 0 Å². The predicted molar refractivity (Wildman–Crippen MR) is 85.6 cm³/mol. The second-order valence-corrected chi connectivity index (χ2v) is 7.52. The third-order valence-corrected chi connectivity index (χ3v) is 5.02. The molecule has 0 saturated carbocycles. The van der Waals surface area contributed by atoms with Gasteiger partial charge in [-0.1, -0.05) is 17.3 Å². The number of nitrogens with zero attached hydrogens (tertiary/aromatic N) is 3. The molecule has 1 unspecified atom stereocenters. The zero-order chi connectivity index (χ0) is 18.9. The first-order chi connectivity index (χ1) is 12.2. The molecule has 0 bridgehead atoms. The molecule has 2 aromatic carbocycles. The fourth-order valence-electron chi connectivity index (χ4n) is 2.13. The normalized spacial score (nSPS) is 14.0. The molecule has 5 nitrogen and oxygen atoms in total. The van der Waals surface area contributed by atoms with Gasteiger partial charge in [0, 0.05) is 11.8 Å². The van der Waals surface area contributed by atoms with Crippen LogP contribution in [0.5, 0.6) is 0 Å². The lowest BCUT2D eigenvalue weighted by molar-refractivity contribution is -0.159. The maximum Gasteiger partial charge on any atom is 0.471 e. The largest absolute Gasteiger partial charge is 0.471 e. The third kappa shape index (κ3) is 3.74. The Morgan fingerprint density at radius 1 is 1.08 bits per heavy atom. The Kier molecular flexibility index (Phi) is 4.53. The van der Waals surface area contributed by atoms with Crippen molar-refractivity contribution in [3.63, 3.8) is 0 Å². The second-order valence-electron chi connectivity index (χ2n) is 5.29. The van der Waals surface area contributed by atoms with E-state index in [0.29, 0.717) is 0 Å². The van der Waals surface area contributed by atoms with E-state index < -0.39 is 27.6 Å². The quantitative estimate of drug-likeness (QED) is 0.614. The minimum atomic E-state index is -4.73. The van der Waals surface area contributed by atoms with E-state index in [1.807, 2.05) is 0 Å². The molecular weight excluding hydrogens is 374 g/mol. The molecule has 0 saturated heterocycles. The van der Waals surface area contributed by atoms with Gasteiger partial charge in [-0.15, -0.1) is 0 Å². The van der Waals surface area contributed by atoms with Crippen molar-refractivity contribution in [2.24, 2.45) is 4.36 Å². The molecule has 0 aliphatic rings. The van der Waals surface area contributed by atoms with Crippen LogP contribution in [-0.4, -0.2) is 20.6 Å². The van der Waals surface area contributed by atoms with Crippen LogP contribution in [0.3, 0.4) is 0 Å². The van der Waals surface area contributed by atoms with E-state index in [4.69, 9.17) is 0 Å². The summed E-state index contributed by atoms with van der Waals surface area (Å²) in [5.74, 6) is -2.32. The van der Waals surface area contributed by atoms with E-state index in [9.17, 15) is 21.8 Å². The highest BCUT2D eigenvalue weighted by molar-refractivity contribution is 7.93. The van der Waals surface area contributed by atoms with E-state index in [1.165, 1.54) is 48.7 Å². The summed E-state index contributed by atoms with van der Waals surface area (Å²) < 4.78 is 72.2. The van der Waals surface area contributed by atoms with Crippen molar-refractivity contribution in [1.29, 1.82) is 0 Å². The number of rotatable bonds is 3. The SMILES string of the molecule is CS(=O)(=Nc1ccc(-c2noc(C(F)(F)F)n2)cc1)c1ccccc1F. The van der Waals surface area contributed by atoms with Gasteiger partial charge >= 0.3 is 12.1 Å². The van der Waals surface area contributed by atoms with Crippen molar-refractivity contribution in [2.75, 3.05) is 6.26 Å². The first kappa shape index (κ1) is 18.1. The van der Waals surface area contributed by atoms with Gasteiger partial charge in [-0.05, 0) is 36.4 Å². The van der Waals surface area contributed by atoms with Crippen LogP contribution in [0.1, 0.15) is 5.89 Å². The maximum atomic E-state index is 13.8. The van der Waals surface area contributed by atoms with E-state index in [-0.39, 0.29) is 22.0 Å². The lowest BCUT2D eigenvalue weighted by Crippen LogP contribution is -2.04. The van der Waals surface area contributed by atoms with Crippen LogP contribution in [0.25, 0.3) is 11.4 Å². The fraction of sp³-hybridized carbons (Fsp3) is 0.125. The number of alkyl halides is 3. The summed E-state index contributed by atoms with van der Waals surface area (Å²) in [4.78, 5) is 3.25. The van der Waals surface area contributed by atoms with Crippen LogP contribution in [0.2, 0.25) is 0 Å². The van der Waals surface area contributed by atoms with Crippen LogP contribution in [0.15, 0.2) is 62.3 Å². The molecular formula is C16H11F4N3O2S. The van der Waals surface area contributed by atoms with E-state index in [1.54, 1.807) is 6.07 Å². The van der Waals surface area contributed by atoms with Gasteiger partial charge < -0.3 is 4.52 Å². The first-order valence-electron chi connectivity index (χ1n) is 7.15. The summed E-state index contributed by atoms with van der Waals surface area (Å²) in [6, 6.07) is 11.2. The number of hydrogen-bond donors (Lipinski definition) is 0. The van der Waals surface area contributed by atoms with E-state index >= 15 is 0 Å². The standard InChI is InChI=1S/C16H11F4N3O2S/c1-26(24,13-5-3-2-4-12(13)17)23-11-8-6-10(7-9-11)14-21-15(25-22-14)16(18,19)20/h2-9H,1H3. The van der Waals surface area contributed by atoms with Crippen molar-refractivity contribution >= 4 is 15.4 Å². The lowest BCUT2D eigenvalue weighted by atomic mass is 10.2. The average molecular weight is 385 g/mol. The maximum absolute atomic E-state index is 13.8.